The van der Waals surface area contributed by atoms with E-state index in [1.54, 1.807) is 6.92 Å². The first kappa shape index (κ1) is 16.7. The predicted molar refractivity (Wildman–Crippen MR) is 80.9 cm³/mol. The molecule has 0 spiro atoms. The summed E-state index contributed by atoms with van der Waals surface area (Å²) < 4.78 is 4.90. The van der Waals surface area contributed by atoms with Gasteiger partial charge in [0.2, 0.25) is 5.91 Å². The maximum absolute atomic E-state index is 11.7. The molecule has 0 fully saturated rings. The van der Waals surface area contributed by atoms with Gasteiger partial charge in [-0.1, -0.05) is 13.8 Å². The molecule has 7 heteroatoms. The van der Waals surface area contributed by atoms with Crippen LogP contribution in [0.4, 0.5) is 11.5 Å². The van der Waals surface area contributed by atoms with Crippen LogP contribution in [0.5, 0.6) is 0 Å². The van der Waals surface area contributed by atoms with Gasteiger partial charge in [-0.15, -0.1) is 0 Å². The summed E-state index contributed by atoms with van der Waals surface area (Å²) in [7, 11) is 0. The van der Waals surface area contributed by atoms with E-state index in [2.05, 4.69) is 15.6 Å². The van der Waals surface area contributed by atoms with E-state index in [1.807, 2.05) is 13.8 Å². The number of amides is 1. The van der Waals surface area contributed by atoms with Crippen LogP contribution in [0.25, 0.3) is 0 Å². The Morgan fingerprint density at radius 2 is 2.14 bits per heavy atom. The van der Waals surface area contributed by atoms with Gasteiger partial charge in [0.1, 0.15) is 5.82 Å². The van der Waals surface area contributed by atoms with Crippen LogP contribution < -0.4 is 16.4 Å². The average molecular weight is 294 g/mol. The fourth-order valence-electron chi connectivity index (χ4n) is 1.55. The van der Waals surface area contributed by atoms with Crippen molar-refractivity contribution in [2.75, 3.05) is 30.7 Å². The SMILES string of the molecule is CCOC(=O)c1ccnc(NCC(=O)NCC(C)C)c1N. The molecule has 4 N–H and O–H groups in total. The van der Waals surface area contributed by atoms with Gasteiger partial charge in [-0.05, 0) is 18.9 Å². The van der Waals surface area contributed by atoms with E-state index in [-0.39, 0.29) is 30.3 Å². The van der Waals surface area contributed by atoms with E-state index >= 15 is 0 Å². The molecule has 0 unspecified atom stereocenters. The second-order valence-electron chi connectivity index (χ2n) is 4.89. The van der Waals surface area contributed by atoms with Crippen LogP contribution in [0.1, 0.15) is 31.1 Å². The van der Waals surface area contributed by atoms with Crippen LogP contribution in [0.3, 0.4) is 0 Å². The molecular formula is C14H22N4O3. The quantitative estimate of drug-likeness (QED) is 0.648. The van der Waals surface area contributed by atoms with Crippen molar-refractivity contribution in [1.82, 2.24) is 10.3 Å². The molecule has 1 amide bonds. The molecule has 0 saturated carbocycles. The zero-order valence-electron chi connectivity index (χ0n) is 12.6. The normalized spacial score (nSPS) is 10.3. The van der Waals surface area contributed by atoms with Crippen LogP contribution >= 0.6 is 0 Å². The Morgan fingerprint density at radius 3 is 2.76 bits per heavy atom. The van der Waals surface area contributed by atoms with E-state index in [9.17, 15) is 9.59 Å². The van der Waals surface area contributed by atoms with Gasteiger partial charge in [-0.2, -0.15) is 0 Å². The van der Waals surface area contributed by atoms with E-state index in [4.69, 9.17) is 10.5 Å². The van der Waals surface area contributed by atoms with Gasteiger partial charge < -0.3 is 21.1 Å². The van der Waals surface area contributed by atoms with Crippen LogP contribution in [0, 0.1) is 5.92 Å². The molecule has 1 rings (SSSR count). The highest BCUT2D eigenvalue weighted by Gasteiger charge is 2.14. The summed E-state index contributed by atoms with van der Waals surface area (Å²) in [4.78, 5) is 27.3. The number of pyridine rings is 1. The molecule has 0 radical (unpaired) electrons. The molecule has 1 aromatic heterocycles. The van der Waals surface area contributed by atoms with Crippen LogP contribution in [0.2, 0.25) is 0 Å². The molecule has 0 aliphatic rings. The van der Waals surface area contributed by atoms with Gasteiger partial charge in [0.05, 0.1) is 24.4 Å². The standard InChI is InChI=1S/C14H22N4O3/c1-4-21-14(20)10-5-6-16-13(12(10)15)18-8-11(19)17-7-9(2)3/h5-6,9H,4,7-8,15H2,1-3H3,(H,16,18)(H,17,19). The number of nitrogens with one attached hydrogen (secondary N) is 2. The monoisotopic (exact) mass is 294 g/mol. The lowest BCUT2D eigenvalue weighted by atomic mass is 10.2. The van der Waals surface area contributed by atoms with Crippen molar-refractivity contribution in [1.29, 1.82) is 0 Å². The molecule has 7 nitrogen and oxygen atoms in total. The number of carbonyl (C=O) groups excluding carboxylic acids is 2. The fourth-order valence-corrected chi connectivity index (χ4v) is 1.55. The molecule has 1 aromatic rings. The molecule has 0 aromatic carbocycles. The third-order valence-electron chi connectivity index (χ3n) is 2.61. The highest BCUT2D eigenvalue weighted by Crippen LogP contribution is 2.20. The smallest absolute Gasteiger partial charge is 0.340 e. The number of anilines is 2. The Hall–Kier alpha value is -2.31. The first-order chi connectivity index (χ1) is 9.95. The Kier molecular flexibility index (Phi) is 6.45. The predicted octanol–water partition coefficient (Wildman–Crippen LogP) is 1.02. The van der Waals surface area contributed by atoms with Crippen molar-refractivity contribution in [3.05, 3.63) is 17.8 Å². The summed E-state index contributed by atoms with van der Waals surface area (Å²) in [5.41, 5.74) is 6.27. The second-order valence-corrected chi connectivity index (χ2v) is 4.89. The summed E-state index contributed by atoms with van der Waals surface area (Å²) in [5.74, 6) is 0.000633. The van der Waals surface area contributed by atoms with Crippen molar-refractivity contribution in [3.8, 4) is 0 Å². The number of hydrogen-bond acceptors (Lipinski definition) is 6. The van der Waals surface area contributed by atoms with Gasteiger partial charge in [0.25, 0.3) is 0 Å². The molecule has 0 aliphatic carbocycles. The lowest BCUT2D eigenvalue weighted by Gasteiger charge is -2.12. The number of nitrogen functional groups attached to an aromatic ring is 1. The van der Waals surface area contributed by atoms with Crippen molar-refractivity contribution < 1.29 is 14.3 Å². The summed E-state index contributed by atoms with van der Waals surface area (Å²) in [6.45, 7) is 6.64. The number of carbonyl (C=O) groups is 2. The molecule has 0 saturated heterocycles. The van der Waals surface area contributed by atoms with Gasteiger partial charge >= 0.3 is 5.97 Å². The van der Waals surface area contributed by atoms with Crippen LogP contribution in [-0.2, 0) is 9.53 Å². The van der Waals surface area contributed by atoms with E-state index < -0.39 is 5.97 Å². The Bertz CT molecular complexity index is 503. The average Bonchev–Trinajstić information content (AvgIpc) is 2.44. The van der Waals surface area contributed by atoms with Crippen LogP contribution in [0.15, 0.2) is 12.3 Å². The maximum Gasteiger partial charge on any atom is 0.340 e. The van der Waals surface area contributed by atoms with Crippen molar-refractivity contribution in [2.24, 2.45) is 5.92 Å². The molecule has 0 atom stereocenters. The lowest BCUT2D eigenvalue weighted by Crippen LogP contribution is -2.32. The number of hydrogen-bond donors (Lipinski definition) is 3. The maximum atomic E-state index is 11.7. The number of aromatic nitrogens is 1. The minimum atomic E-state index is -0.510. The Balaban J connectivity index is 2.66. The minimum Gasteiger partial charge on any atom is -0.462 e. The van der Waals surface area contributed by atoms with Crippen molar-refractivity contribution in [2.45, 2.75) is 20.8 Å². The highest BCUT2D eigenvalue weighted by atomic mass is 16.5. The van der Waals surface area contributed by atoms with Gasteiger partial charge in [-0.3, -0.25) is 4.79 Å². The number of esters is 1. The zero-order valence-corrected chi connectivity index (χ0v) is 12.6. The highest BCUT2D eigenvalue weighted by molar-refractivity contribution is 5.97. The van der Waals surface area contributed by atoms with Gasteiger partial charge in [-0.25, -0.2) is 9.78 Å². The first-order valence-corrected chi connectivity index (χ1v) is 6.87. The first-order valence-electron chi connectivity index (χ1n) is 6.87. The summed E-state index contributed by atoms with van der Waals surface area (Å²) in [6.07, 6.45) is 1.44. The minimum absolute atomic E-state index is 0.0379. The number of nitrogens with zero attached hydrogens (tertiary/aromatic N) is 1. The molecular weight excluding hydrogens is 272 g/mol. The van der Waals surface area contributed by atoms with Gasteiger partial charge in [0, 0.05) is 12.7 Å². The number of nitrogens with two attached hydrogens (primary N) is 1. The number of ether oxygens (including phenoxy) is 1. The largest absolute Gasteiger partial charge is 0.462 e. The topological polar surface area (TPSA) is 106 Å². The molecule has 116 valence electrons. The molecule has 21 heavy (non-hydrogen) atoms. The van der Waals surface area contributed by atoms with E-state index in [0.717, 1.165) is 0 Å². The van der Waals surface area contributed by atoms with Crippen molar-refractivity contribution >= 4 is 23.4 Å². The number of rotatable bonds is 7. The van der Waals surface area contributed by atoms with E-state index in [1.165, 1.54) is 12.3 Å². The van der Waals surface area contributed by atoms with Crippen LogP contribution in [-0.4, -0.2) is 36.6 Å². The molecule has 0 bridgehead atoms. The summed E-state index contributed by atoms with van der Waals surface area (Å²) >= 11 is 0. The third-order valence-corrected chi connectivity index (χ3v) is 2.61. The lowest BCUT2D eigenvalue weighted by molar-refractivity contribution is -0.119. The van der Waals surface area contributed by atoms with E-state index in [0.29, 0.717) is 18.3 Å². The summed E-state index contributed by atoms with van der Waals surface area (Å²) in [5, 5.41) is 5.59. The molecule has 1 heterocycles. The van der Waals surface area contributed by atoms with Gasteiger partial charge in [0.15, 0.2) is 0 Å². The Labute approximate surface area is 124 Å². The Morgan fingerprint density at radius 1 is 1.43 bits per heavy atom. The van der Waals surface area contributed by atoms with Crippen molar-refractivity contribution in [3.63, 3.8) is 0 Å². The molecule has 0 aliphatic heterocycles. The summed E-state index contributed by atoms with van der Waals surface area (Å²) in [6, 6.07) is 1.48. The zero-order chi connectivity index (χ0) is 15.8. The third kappa shape index (κ3) is 5.29. The second kappa shape index (κ2) is 8.08. The fraction of sp³-hybridized carbons (Fsp3) is 0.500.